The Morgan fingerprint density at radius 3 is 1.76 bits per heavy atom. The van der Waals surface area contributed by atoms with Crippen LogP contribution in [0.1, 0.15) is 248 Å². The third kappa shape index (κ3) is 47.2. The number of hydrogen-bond acceptors (Lipinski definition) is 24. The summed E-state index contributed by atoms with van der Waals surface area (Å²) in [7, 11) is -3.34. The molecule has 1 aromatic heterocycles. The van der Waals surface area contributed by atoms with Crippen molar-refractivity contribution in [2.75, 3.05) is 53.2 Å². The zero-order valence-corrected chi connectivity index (χ0v) is 67.9. The molecule has 2 rings (SSSR count). The minimum Gasteiger partial charge on any atom is -0.481 e. The van der Waals surface area contributed by atoms with Gasteiger partial charge in [0.05, 0.1) is 57.4 Å². The third-order valence-corrected chi connectivity index (χ3v) is 19.4. The van der Waals surface area contributed by atoms with Crippen LogP contribution in [-0.4, -0.2) is 221 Å². The number of ether oxygens (including phenoxy) is 4. The van der Waals surface area contributed by atoms with Gasteiger partial charge in [-0.25, -0.2) is 8.86 Å². The number of Topliss-reactive ketones (excluding diaryl/α,β-unsaturated/α-hetero) is 5. The van der Waals surface area contributed by atoms with E-state index in [9.17, 15) is 86.1 Å². The van der Waals surface area contributed by atoms with Crippen LogP contribution in [0, 0.1) is 41.4 Å². The molecule has 0 saturated carbocycles. The Balaban J connectivity index is 0.00000136. The number of nitrogens with zero attached hydrogens (tertiary/aromatic N) is 3. The molecule has 1 aliphatic rings. The highest BCUT2D eigenvalue weighted by Crippen LogP contribution is 2.26. The van der Waals surface area contributed by atoms with Crippen molar-refractivity contribution in [2.45, 2.75) is 298 Å². The maximum atomic E-state index is 13.3. The molecule has 0 radical (unpaired) electrons. The van der Waals surface area contributed by atoms with E-state index in [0.717, 1.165) is 19.8 Å². The number of carboxylic acid groups (broad SMARTS) is 2. The number of nitrogens with two attached hydrogens (primary N) is 1. The molecule has 1 saturated heterocycles. The van der Waals surface area contributed by atoms with Crippen LogP contribution in [0.3, 0.4) is 0 Å². The van der Waals surface area contributed by atoms with Crippen molar-refractivity contribution >= 4 is 86.7 Å². The van der Waals surface area contributed by atoms with Gasteiger partial charge in [-0.05, 0) is 43.9 Å². The molecule has 35 heteroatoms. The van der Waals surface area contributed by atoms with Crippen molar-refractivity contribution in [3.63, 3.8) is 0 Å². The highest BCUT2D eigenvalue weighted by Gasteiger charge is 2.46. The molecule has 6 amide bonds. The first-order chi connectivity index (χ1) is 52.4. The van der Waals surface area contributed by atoms with Gasteiger partial charge in [-0.2, -0.15) is 8.42 Å². The molecule has 1 fully saturated rings. The molecule has 2 heterocycles. The van der Waals surface area contributed by atoms with Gasteiger partial charge in [-0.1, -0.05) is 150 Å². The lowest BCUT2D eigenvalue weighted by atomic mass is 9.87. The summed E-state index contributed by atoms with van der Waals surface area (Å²) >= 11 is 0. The van der Waals surface area contributed by atoms with Crippen LogP contribution in [0.2, 0.25) is 0 Å². The Morgan fingerprint density at radius 2 is 1.20 bits per heavy atom. The number of aromatic nitrogens is 3. The van der Waals surface area contributed by atoms with Crippen molar-refractivity contribution < 1.29 is 119 Å². The Kier molecular flexibility index (Phi) is 53.1. The van der Waals surface area contributed by atoms with Crippen LogP contribution in [0.25, 0.3) is 0 Å². The first-order valence-corrected chi connectivity index (χ1v) is 40.8. The average Bonchev–Trinajstić information content (AvgIpc) is 1.16. The number of carbonyl (C=O) groups is 13. The first-order valence-electron chi connectivity index (χ1n) is 39.4. The maximum Gasteiger partial charge on any atom is 0.397 e. The minimum atomic E-state index is -4.88. The molecular weight excluding hydrogens is 1470 g/mol. The number of aliphatic hydroxyl groups excluding tert-OH is 2. The SMILES string of the molecule is CC(=O)NC1[C@H](OCCn2cc(CCC(=O)NCCOCCOCC(=O)CCCCC[C@H](CC(=O)[C@H](CCC(=O)O)NC(=O)[C@H](CCC(=O)O)CC(=O)C(C)C)C(N)=O)nn2)OC(COS(=O)(=O)O)[C@@H](O)[C@@H]1O.CCCCCCCCCCCCCCCC(=O)C[C@H](C(=O)N[C@H](C(=O)C[C@@H](C)C(=O)NC)C(C)C)C(C)C. The van der Waals surface area contributed by atoms with E-state index in [0.29, 0.717) is 31.4 Å². The Morgan fingerprint density at radius 1 is 0.622 bits per heavy atom. The molecule has 111 heavy (non-hydrogen) atoms. The molecule has 34 nitrogen and oxygen atoms in total. The number of rotatable bonds is 64. The quantitative estimate of drug-likeness (QED) is 0.0289. The van der Waals surface area contributed by atoms with E-state index in [1.807, 2.05) is 27.7 Å². The minimum absolute atomic E-state index is 0.00157. The fourth-order valence-corrected chi connectivity index (χ4v) is 12.5. The number of unbranched alkanes of at least 4 members (excludes halogenated alkanes) is 14. The molecule has 2 unspecified atom stereocenters. The van der Waals surface area contributed by atoms with Crippen LogP contribution in [0.4, 0.5) is 0 Å². The number of aryl methyl sites for hydroxylation is 1. The standard InChI is InChI=1S/C44H71N7O21S.C32H60N2O4/c1-26(2)33(54)22-29(9-13-37(57)58)43(64)48-32(11-14-38(59)60)34(55)21-28(42(45)63)7-5-4-6-8-31(53)24-69-20-19-68-17-15-46-36(56)12-10-30-23-51(50-49-30)16-18-70-44-39(47-27(3)52)41(62)40(61)35(72-44)25-71-73(65,66)67;1-8-9-10-11-12-13-14-15-16-17-18-19-20-21-27(35)23-28(24(2)3)32(38)34-30(25(4)5)29(36)22-26(6)31(37)33-7/h23,26,28-29,32,35,39-41,44,61-62H,4-22,24-25H2,1-3H3,(H2,45,63)(H,46,56)(H,47,52)(H,48,64)(H,57,58)(H,59,60)(H,65,66,67);24-26,28,30H,8-23H2,1-7H3,(H,33,37)(H,34,38)/t28-,29-,32+,35?,39?,40-,41-,44-;26-,28+,30+/m11/s1. The van der Waals surface area contributed by atoms with Gasteiger partial charge in [0.1, 0.15) is 42.5 Å². The molecule has 0 aliphatic carbocycles. The van der Waals surface area contributed by atoms with Crippen molar-refractivity contribution in [3.05, 3.63) is 11.9 Å². The highest BCUT2D eigenvalue weighted by molar-refractivity contribution is 7.80. The fraction of sp³-hybridized carbons (Fsp3) is 0.803. The molecule has 636 valence electrons. The Labute approximate surface area is 654 Å². The Hall–Kier alpha value is -7.12. The van der Waals surface area contributed by atoms with Gasteiger partial charge < -0.3 is 71.7 Å². The second-order valence-electron chi connectivity index (χ2n) is 29.7. The van der Waals surface area contributed by atoms with E-state index < -0.39 is 144 Å². The molecule has 0 aromatic carbocycles. The summed E-state index contributed by atoms with van der Waals surface area (Å²) in [6.45, 7) is 15.7. The van der Waals surface area contributed by atoms with E-state index in [-0.39, 0.29) is 157 Å². The number of amides is 6. The molecule has 1 aliphatic heterocycles. The van der Waals surface area contributed by atoms with Crippen LogP contribution in [0.5, 0.6) is 0 Å². The summed E-state index contributed by atoms with van der Waals surface area (Å²) in [6, 6.07) is -3.22. The number of aliphatic carboxylic acids is 2. The number of nitrogens with one attached hydrogen (secondary N) is 5. The molecule has 0 bridgehead atoms. The van der Waals surface area contributed by atoms with E-state index in [2.05, 4.69) is 48.0 Å². The van der Waals surface area contributed by atoms with E-state index in [1.54, 1.807) is 34.0 Å². The maximum absolute atomic E-state index is 13.3. The predicted molar refractivity (Wildman–Crippen MR) is 407 cm³/mol. The molecule has 1 aromatic rings. The average molecular weight is 1600 g/mol. The smallest absolute Gasteiger partial charge is 0.397 e. The fourth-order valence-electron chi connectivity index (χ4n) is 12.2. The van der Waals surface area contributed by atoms with E-state index >= 15 is 0 Å². The summed E-state index contributed by atoms with van der Waals surface area (Å²) in [5, 5.41) is 60.3. The zero-order valence-electron chi connectivity index (χ0n) is 67.1. The number of hydrogen-bond donors (Lipinski definition) is 11. The summed E-state index contributed by atoms with van der Waals surface area (Å²) in [6.07, 6.45) is 12.8. The lowest BCUT2D eigenvalue weighted by molar-refractivity contribution is -0.269. The van der Waals surface area contributed by atoms with Crippen molar-refractivity contribution in [1.82, 2.24) is 41.6 Å². The second kappa shape index (κ2) is 57.8. The van der Waals surface area contributed by atoms with Crippen LogP contribution < -0.4 is 32.3 Å². The molecule has 0 spiro atoms. The lowest BCUT2D eigenvalue weighted by Gasteiger charge is -2.42. The summed E-state index contributed by atoms with van der Waals surface area (Å²) in [5.74, 6) is -9.81. The van der Waals surface area contributed by atoms with Gasteiger partial charge in [-0.3, -0.25) is 66.9 Å². The largest absolute Gasteiger partial charge is 0.481 e. The number of carbonyl (C=O) groups excluding carboxylic acids is 11. The Bertz CT molecular complexity index is 3110. The van der Waals surface area contributed by atoms with Crippen molar-refractivity contribution in [1.29, 1.82) is 0 Å². The monoisotopic (exact) mass is 1600 g/mol. The van der Waals surface area contributed by atoms with Crippen LogP contribution >= 0.6 is 0 Å². The lowest BCUT2D eigenvalue weighted by Crippen LogP contribution is -2.64. The zero-order chi connectivity index (χ0) is 83.6. The summed E-state index contributed by atoms with van der Waals surface area (Å²) in [4.78, 5) is 161. The number of primary amides is 1. The molecular formula is C76H131N9O25S. The summed E-state index contributed by atoms with van der Waals surface area (Å²) in [5.41, 5.74) is 6.06. The van der Waals surface area contributed by atoms with Gasteiger partial charge in [0.2, 0.25) is 35.4 Å². The normalized spacial score (nSPS) is 17.3. The summed E-state index contributed by atoms with van der Waals surface area (Å²) < 4.78 is 58.5. The van der Waals surface area contributed by atoms with Crippen LogP contribution in [0.15, 0.2) is 6.20 Å². The van der Waals surface area contributed by atoms with Crippen molar-refractivity contribution in [2.24, 2.45) is 47.2 Å². The van der Waals surface area contributed by atoms with Gasteiger partial charge in [0.25, 0.3) is 0 Å². The molecule has 11 atom stereocenters. The third-order valence-electron chi connectivity index (χ3n) is 19.0. The number of carboxylic acids is 2. The molecule has 12 N–H and O–H groups in total. The highest BCUT2D eigenvalue weighted by atomic mass is 32.3. The van der Waals surface area contributed by atoms with Gasteiger partial charge in [-0.15, -0.1) is 5.10 Å². The predicted octanol–water partition coefficient (Wildman–Crippen LogP) is 5.35. The van der Waals surface area contributed by atoms with Gasteiger partial charge in [0, 0.05) is 121 Å². The second-order valence-corrected chi connectivity index (χ2v) is 30.8. The van der Waals surface area contributed by atoms with Crippen molar-refractivity contribution in [3.8, 4) is 0 Å². The van der Waals surface area contributed by atoms with E-state index in [4.69, 9.17) is 34.3 Å². The van der Waals surface area contributed by atoms with Crippen LogP contribution in [-0.2, 0) is 109 Å². The van der Waals surface area contributed by atoms with E-state index in [1.165, 1.54) is 75.3 Å². The first kappa shape index (κ1) is 102. The number of ketones is 5. The topological polar surface area (TPSA) is 520 Å². The van der Waals surface area contributed by atoms with Gasteiger partial charge in [0.15, 0.2) is 23.6 Å². The number of aliphatic hydroxyl groups is 2. The van der Waals surface area contributed by atoms with Gasteiger partial charge >= 0.3 is 22.3 Å².